The molecule has 0 aromatic carbocycles. The second-order valence-corrected chi connectivity index (χ2v) is 13.9. The lowest BCUT2D eigenvalue weighted by Crippen LogP contribution is -2.44. The minimum absolute atomic E-state index is 0.00894. The first-order chi connectivity index (χ1) is 22.4. The van der Waals surface area contributed by atoms with Crippen LogP contribution < -0.4 is 27.8 Å². The Bertz CT molecular complexity index is 663. The summed E-state index contributed by atoms with van der Waals surface area (Å²) in [5, 5.41) is 13.4. The first-order valence-corrected chi connectivity index (χ1v) is 20.0. The van der Waals surface area contributed by atoms with Crippen LogP contribution in [0, 0.1) is 5.41 Å². The van der Waals surface area contributed by atoms with E-state index in [1.165, 1.54) is 128 Å². The fraction of sp³-hybridized carbons (Fsp3) is 0.947. The van der Waals surface area contributed by atoms with E-state index in [1.54, 1.807) is 0 Å². The topological polar surface area (TPSA) is 146 Å². The fourth-order valence-corrected chi connectivity index (χ4v) is 6.22. The van der Waals surface area contributed by atoms with Crippen LogP contribution in [0.2, 0.25) is 0 Å². The van der Waals surface area contributed by atoms with Crippen LogP contribution in [0.4, 0.5) is 0 Å². The van der Waals surface area contributed by atoms with Gasteiger partial charge < -0.3 is 32.7 Å². The number of carbonyl (C=O) groups excluding carboxylic acids is 1. The van der Waals surface area contributed by atoms with Crippen molar-refractivity contribution in [3.05, 3.63) is 0 Å². The fourth-order valence-electron chi connectivity index (χ4n) is 6.22. The number of hydrogen-bond acceptors (Lipinski definition) is 5. The second-order valence-electron chi connectivity index (χ2n) is 13.9. The van der Waals surface area contributed by atoms with Crippen LogP contribution in [0.3, 0.4) is 0 Å². The van der Waals surface area contributed by atoms with E-state index in [1.807, 2.05) is 0 Å². The Hall–Kier alpha value is -1.38. The molecule has 0 aliphatic heterocycles. The summed E-state index contributed by atoms with van der Waals surface area (Å²) < 4.78 is 0. The second kappa shape index (κ2) is 34.9. The number of unbranched alkanes of at least 4 members (excludes halogenated alkanes) is 21. The predicted molar refractivity (Wildman–Crippen MR) is 201 cm³/mol. The average molecular weight is 652 g/mol. The minimum atomic E-state index is -0.392. The van der Waals surface area contributed by atoms with Crippen LogP contribution in [-0.4, -0.2) is 61.6 Å². The monoisotopic (exact) mass is 652 g/mol. The van der Waals surface area contributed by atoms with E-state index in [0.717, 1.165) is 71.1 Å². The Morgan fingerprint density at radius 3 is 1.46 bits per heavy atom. The van der Waals surface area contributed by atoms with Crippen molar-refractivity contribution in [1.82, 2.24) is 15.5 Å². The average Bonchev–Trinajstić information content (AvgIpc) is 3.04. The van der Waals surface area contributed by atoms with Gasteiger partial charge in [0.1, 0.15) is 0 Å². The molecule has 0 saturated heterocycles. The molecular formula is C38H81N7O. The molecule has 0 fully saturated rings. The molecule has 1 amide bonds. The van der Waals surface area contributed by atoms with E-state index in [9.17, 15) is 4.79 Å². The third-order valence-electron chi connectivity index (χ3n) is 9.28. The highest BCUT2D eigenvalue weighted by atomic mass is 16.2. The standard InChI is InChI=1S/C38H81N7O/c1-3-5-7-9-11-13-15-16-18-20-22-26-33-45(32-25-21-19-17-14-12-10-8-6-4-2)37(46)36(40)29-23-24-30-43-34-35(39)28-27-31-44-38(41)42/h35-36,43H,3-34,39-40H2,1-2H3,(H4,41,42,44). The van der Waals surface area contributed by atoms with Gasteiger partial charge in [-0.2, -0.15) is 0 Å². The molecule has 0 saturated carbocycles. The molecule has 0 spiro atoms. The van der Waals surface area contributed by atoms with E-state index in [4.69, 9.17) is 22.6 Å². The molecule has 9 N–H and O–H groups in total. The van der Waals surface area contributed by atoms with Crippen molar-refractivity contribution in [1.29, 1.82) is 5.41 Å². The molecular weight excluding hydrogens is 570 g/mol. The van der Waals surface area contributed by atoms with Crippen molar-refractivity contribution in [3.63, 3.8) is 0 Å². The first kappa shape index (κ1) is 44.6. The van der Waals surface area contributed by atoms with Crippen molar-refractivity contribution >= 4 is 11.9 Å². The zero-order valence-corrected chi connectivity index (χ0v) is 30.9. The number of amides is 1. The molecule has 8 heteroatoms. The van der Waals surface area contributed by atoms with Crippen LogP contribution in [-0.2, 0) is 4.79 Å². The van der Waals surface area contributed by atoms with Gasteiger partial charge in [-0.05, 0) is 45.1 Å². The molecule has 274 valence electrons. The van der Waals surface area contributed by atoms with Gasteiger partial charge >= 0.3 is 0 Å². The van der Waals surface area contributed by atoms with Gasteiger partial charge in [-0.3, -0.25) is 10.2 Å². The molecule has 0 aromatic heterocycles. The van der Waals surface area contributed by atoms with E-state index in [-0.39, 0.29) is 17.9 Å². The first-order valence-electron chi connectivity index (χ1n) is 20.0. The van der Waals surface area contributed by atoms with Crippen molar-refractivity contribution < 1.29 is 4.79 Å². The highest BCUT2D eigenvalue weighted by molar-refractivity contribution is 5.81. The van der Waals surface area contributed by atoms with Gasteiger partial charge in [0.2, 0.25) is 5.91 Å². The summed E-state index contributed by atoms with van der Waals surface area (Å²) in [6.07, 6.45) is 33.6. The molecule has 46 heavy (non-hydrogen) atoms. The Kier molecular flexibility index (Phi) is 33.9. The van der Waals surface area contributed by atoms with Gasteiger partial charge in [0.05, 0.1) is 6.04 Å². The van der Waals surface area contributed by atoms with Crippen LogP contribution >= 0.6 is 0 Å². The maximum atomic E-state index is 13.4. The molecule has 0 heterocycles. The van der Waals surface area contributed by atoms with E-state index < -0.39 is 6.04 Å². The Labute approximate surface area is 286 Å². The number of hydrogen-bond donors (Lipinski definition) is 6. The number of nitrogens with zero attached hydrogens (tertiary/aromatic N) is 1. The SMILES string of the molecule is CCCCCCCCCCCCCCN(CCCCCCCCCCCC)C(=O)C(N)CCCCNCC(N)CCCNC(=N)N. The number of nitrogens with one attached hydrogen (secondary N) is 3. The van der Waals surface area contributed by atoms with Crippen molar-refractivity contribution in [2.45, 2.75) is 199 Å². The molecule has 2 atom stereocenters. The Morgan fingerprint density at radius 1 is 0.587 bits per heavy atom. The van der Waals surface area contributed by atoms with Crippen molar-refractivity contribution in [3.8, 4) is 0 Å². The van der Waals surface area contributed by atoms with Crippen LogP contribution in [0.5, 0.6) is 0 Å². The van der Waals surface area contributed by atoms with Gasteiger partial charge in [-0.1, -0.05) is 149 Å². The summed E-state index contributed by atoms with van der Waals surface area (Å²) in [5.41, 5.74) is 18.0. The molecule has 0 radical (unpaired) electrons. The largest absolute Gasteiger partial charge is 0.370 e. The predicted octanol–water partition coefficient (Wildman–Crippen LogP) is 8.11. The van der Waals surface area contributed by atoms with Crippen LogP contribution in [0.15, 0.2) is 0 Å². The third kappa shape index (κ3) is 31.2. The van der Waals surface area contributed by atoms with Crippen molar-refractivity contribution in [2.75, 3.05) is 32.7 Å². The molecule has 0 aromatic rings. The zero-order chi connectivity index (χ0) is 33.9. The molecule has 8 nitrogen and oxygen atoms in total. The summed E-state index contributed by atoms with van der Waals surface area (Å²) in [6.45, 7) is 8.63. The maximum Gasteiger partial charge on any atom is 0.239 e. The summed E-state index contributed by atoms with van der Waals surface area (Å²) in [6, 6.07) is -0.297. The summed E-state index contributed by atoms with van der Waals surface area (Å²) in [5.74, 6) is 0.169. The Balaban J connectivity index is 4.28. The summed E-state index contributed by atoms with van der Waals surface area (Å²) in [7, 11) is 0. The maximum absolute atomic E-state index is 13.4. The minimum Gasteiger partial charge on any atom is -0.370 e. The highest BCUT2D eigenvalue weighted by Gasteiger charge is 2.20. The third-order valence-corrected chi connectivity index (χ3v) is 9.28. The lowest BCUT2D eigenvalue weighted by Gasteiger charge is -2.26. The molecule has 0 aliphatic carbocycles. The molecule has 0 aliphatic rings. The molecule has 0 bridgehead atoms. The number of nitrogens with two attached hydrogens (primary N) is 3. The van der Waals surface area contributed by atoms with Gasteiger partial charge in [0.25, 0.3) is 0 Å². The van der Waals surface area contributed by atoms with Gasteiger partial charge in [0, 0.05) is 32.2 Å². The molecule has 0 rings (SSSR count). The van der Waals surface area contributed by atoms with Crippen LogP contribution in [0.25, 0.3) is 0 Å². The van der Waals surface area contributed by atoms with Gasteiger partial charge in [-0.15, -0.1) is 0 Å². The highest BCUT2D eigenvalue weighted by Crippen LogP contribution is 2.14. The quantitative estimate of drug-likeness (QED) is 0.0229. The van der Waals surface area contributed by atoms with Gasteiger partial charge in [0.15, 0.2) is 5.96 Å². The summed E-state index contributed by atoms with van der Waals surface area (Å²) in [4.78, 5) is 15.5. The number of guanidine groups is 1. The van der Waals surface area contributed by atoms with E-state index >= 15 is 0 Å². The van der Waals surface area contributed by atoms with Crippen LogP contribution in [0.1, 0.15) is 187 Å². The van der Waals surface area contributed by atoms with E-state index in [0.29, 0.717) is 6.54 Å². The molecule has 2 unspecified atom stereocenters. The van der Waals surface area contributed by atoms with E-state index in [2.05, 4.69) is 29.4 Å². The lowest BCUT2D eigenvalue weighted by molar-refractivity contribution is -0.133. The normalized spacial score (nSPS) is 12.7. The number of carbonyl (C=O) groups is 1. The zero-order valence-electron chi connectivity index (χ0n) is 30.9. The smallest absolute Gasteiger partial charge is 0.239 e. The van der Waals surface area contributed by atoms with Crippen molar-refractivity contribution in [2.24, 2.45) is 17.2 Å². The summed E-state index contributed by atoms with van der Waals surface area (Å²) >= 11 is 0. The van der Waals surface area contributed by atoms with Gasteiger partial charge in [-0.25, -0.2) is 0 Å². The Morgan fingerprint density at radius 2 is 1.02 bits per heavy atom. The lowest BCUT2D eigenvalue weighted by atomic mass is 10.0. The number of rotatable bonds is 36.